The van der Waals surface area contributed by atoms with Crippen molar-refractivity contribution in [2.75, 3.05) is 24.3 Å². The maximum atomic E-state index is 12.9. The quantitative estimate of drug-likeness (QED) is 0.405. The van der Waals surface area contributed by atoms with Crippen LogP contribution in [0.15, 0.2) is 54.6 Å². The number of amides is 3. The van der Waals surface area contributed by atoms with Gasteiger partial charge in [-0.1, -0.05) is 42.0 Å². The zero-order valence-electron chi connectivity index (χ0n) is 19.5. The summed E-state index contributed by atoms with van der Waals surface area (Å²) in [5.74, 6) is -1.16. The smallest absolute Gasteiger partial charge is 0.323 e. The largest absolute Gasteiger partial charge is 0.496 e. The standard InChI is InChI=1S/C26H27N3O5/c1-15-11-16(2)24(17(3)12-15)29-26(33)28-21-13-18(19-7-5-6-8-22(19)34-4)9-10-20(21)25(32)27-14-23(30)31/h5-13H,14H2,1-4H3,(H,27,32)(H,30,31)(H2,28,29,33). The number of aliphatic carboxylic acids is 1. The molecule has 3 rings (SSSR count). The van der Waals surface area contributed by atoms with Gasteiger partial charge in [0.15, 0.2) is 0 Å². The zero-order chi connectivity index (χ0) is 24.8. The van der Waals surface area contributed by atoms with E-state index in [4.69, 9.17) is 9.84 Å². The number of carbonyl (C=O) groups is 3. The fourth-order valence-electron chi connectivity index (χ4n) is 3.79. The van der Waals surface area contributed by atoms with E-state index in [1.54, 1.807) is 19.2 Å². The molecular formula is C26H27N3O5. The zero-order valence-corrected chi connectivity index (χ0v) is 19.5. The number of nitrogens with one attached hydrogen (secondary N) is 3. The van der Waals surface area contributed by atoms with E-state index in [1.165, 1.54) is 6.07 Å². The van der Waals surface area contributed by atoms with Crippen LogP contribution < -0.4 is 20.7 Å². The minimum atomic E-state index is -1.17. The summed E-state index contributed by atoms with van der Waals surface area (Å²) in [7, 11) is 1.56. The maximum Gasteiger partial charge on any atom is 0.323 e. The normalized spacial score (nSPS) is 10.4. The molecule has 0 atom stereocenters. The summed E-state index contributed by atoms with van der Waals surface area (Å²) < 4.78 is 5.43. The van der Waals surface area contributed by atoms with Gasteiger partial charge in [0.1, 0.15) is 12.3 Å². The van der Waals surface area contributed by atoms with Gasteiger partial charge >= 0.3 is 12.0 Å². The van der Waals surface area contributed by atoms with E-state index in [2.05, 4.69) is 16.0 Å². The van der Waals surface area contributed by atoms with Crippen LogP contribution in [0.1, 0.15) is 27.0 Å². The van der Waals surface area contributed by atoms with Crippen LogP contribution in [-0.4, -0.2) is 36.7 Å². The highest BCUT2D eigenvalue weighted by molar-refractivity contribution is 6.08. The first-order chi connectivity index (χ1) is 16.2. The van der Waals surface area contributed by atoms with Crippen LogP contribution in [-0.2, 0) is 4.79 Å². The number of para-hydroxylation sites is 1. The third-order valence-electron chi connectivity index (χ3n) is 5.25. The minimum Gasteiger partial charge on any atom is -0.496 e. The molecule has 0 radical (unpaired) electrons. The van der Waals surface area contributed by atoms with Crippen molar-refractivity contribution in [2.45, 2.75) is 20.8 Å². The fraction of sp³-hybridized carbons (Fsp3) is 0.192. The highest BCUT2D eigenvalue weighted by Crippen LogP contribution is 2.33. The van der Waals surface area contributed by atoms with Gasteiger partial charge in [0.05, 0.1) is 18.4 Å². The van der Waals surface area contributed by atoms with Crippen LogP contribution in [0.2, 0.25) is 0 Å². The van der Waals surface area contributed by atoms with E-state index >= 15 is 0 Å². The number of carboxylic acids is 1. The third kappa shape index (κ3) is 5.72. The molecule has 3 aromatic carbocycles. The van der Waals surface area contributed by atoms with Crippen LogP contribution in [0.25, 0.3) is 11.1 Å². The summed E-state index contributed by atoms with van der Waals surface area (Å²) in [5, 5.41) is 16.8. The van der Waals surface area contributed by atoms with E-state index in [9.17, 15) is 14.4 Å². The summed E-state index contributed by atoms with van der Waals surface area (Å²) in [5.41, 5.74) is 5.44. The van der Waals surface area contributed by atoms with E-state index in [1.807, 2.05) is 57.2 Å². The number of anilines is 2. The number of hydrogen-bond donors (Lipinski definition) is 4. The predicted octanol–water partition coefficient (Wildman–Crippen LogP) is 4.75. The topological polar surface area (TPSA) is 117 Å². The van der Waals surface area contributed by atoms with Crippen molar-refractivity contribution in [1.29, 1.82) is 0 Å². The predicted molar refractivity (Wildman–Crippen MR) is 132 cm³/mol. The maximum absolute atomic E-state index is 12.9. The van der Waals surface area contributed by atoms with Gasteiger partial charge in [-0.3, -0.25) is 9.59 Å². The molecule has 0 aromatic heterocycles. The second-order valence-electron chi connectivity index (χ2n) is 7.89. The molecule has 4 N–H and O–H groups in total. The van der Waals surface area contributed by atoms with Gasteiger partial charge < -0.3 is 25.8 Å². The molecule has 8 heteroatoms. The summed E-state index contributed by atoms with van der Waals surface area (Å²) in [6.07, 6.45) is 0. The molecule has 0 aliphatic heterocycles. The van der Waals surface area contributed by atoms with Gasteiger partial charge in [0, 0.05) is 11.3 Å². The number of carbonyl (C=O) groups excluding carboxylic acids is 2. The number of methoxy groups -OCH3 is 1. The number of hydrogen-bond acceptors (Lipinski definition) is 4. The number of rotatable bonds is 7. The number of urea groups is 1. The van der Waals surface area contributed by atoms with Crippen LogP contribution in [0.4, 0.5) is 16.2 Å². The molecular weight excluding hydrogens is 434 g/mol. The molecule has 0 saturated carbocycles. The van der Waals surface area contributed by atoms with Crippen molar-refractivity contribution >= 4 is 29.3 Å². The Hall–Kier alpha value is -4.33. The Morgan fingerprint density at radius 1 is 0.912 bits per heavy atom. The molecule has 8 nitrogen and oxygen atoms in total. The average molecular weight is 462 g/mol. The van der Waals surface area contributed by atoms with Gasteiger partial charge in [-0.15, -0.1) is 0 Å². The Morgan fingerprint density at radius 2 is 1.59 bits per heavy atom. The molecule has 176 valence electrons. The highest BCUT2D eigenvalue weighted by atomic mass is 16.5. The average Bonchev–Trinajstić information content (AvgIpc) is 2.79. The summed E-state index contributed by atoms with van der Waals surface area (Å²) in [4.78, 5) is 36.5. The number of carboxylic acid groups (broad SMARTS) is 1. The molecule has 3 aromatic rings. The van der Waals surface area contributed by atoms with Crippen molar-refractivity contribution in [2.24, 2.45) is 0 Å². The molecule has 0 aliphatic rings. The first-order valence-electron chi connectivity index (χ1n) is 10.6. The third-order valence-corrected chi connectivity index (χ3v) is 5.25. The Morgan fingerprint density at radius 3 is 2.24 bits per heavy atom. The summed E-state index contributed by atoms with van der Waals surface area (Å²) in [6, 6.07) is 15.7. The molecule has 0 heterocycles. The van der Waals surface area contributed by atoms with Gasteiger partial charge in [-0.05, 0) is 55.7 Å². The lowest BCUT2D eigenvalue weighted by atomic mass is 10.0. The summed E-state index contributed by atoms with van der Waals surface area (Å²) >= 11 is 0. The Balaban J connectivity index is 1.97. The van der Waals surface area contributed by atoms with E-state index < -0.39 is 24.5 Å². The minimum absolute atomic E-state index is 0.132. The SMILES string of the molecule is COc1ccccc1-c1ccc(C(=O)NCC(=O)O)c(NC(=O)Nc2c(C)cc(C)cc2C)c1. The van der Waals surface area contributed by atoms with Crippen molar-refractivity contribution in [3.05, 3.63) is 76.9 Å². The van der Waals surface area contributed by atoms with E-state index in [0.29, 0.717) is 17.0 Å². The van der Waals surface area contributed by atoms with Crippen molar-refractivity contribution < 1.29 is 24.2 Å². The second-order valence-corrected chi connectivity index (χ2v) is 7.89. The molecule has 0 bridgehead atoms. The van der Waals surface area contributed by atoms with Gasteiger partial charge in [-0.25, -0.2) is 4.79 Å². The second kappa shape index (κ2) is 10.5. The Labute approximate surface area is 198 Å². The lowest BCUT2D eigenvalue weighted by Crippen LogP contribution is -2.30. The van der Waals surface area contributed by atoms with Crippen LogP contribution in [0.5, 0.6) is 5.75 Å². The van der Waals surface area contributed by atoms with E-state index in [0.717, 1.165) is 22.3 Å². The first kappa shape index (κ1) is 24.3. The lowest BCUT2D eigenvalue weighted by molar-refractivity contribution is -0.135. The Bertz CT molecular complexity index is 1230. The van der Waals surface area contributed by atoms with Crippen LogP contribution in [0.3, 0.4) is 0 Å². The molecule has 0 saturated heterocycles. The summed E-state index contributed by atoms with van der Waals surface area (Å²) in [6.45, 7) is 5.25. The molecule has 0 fully saturated rings. The van der Waals surface area contributed by atoms with Crippen molar-refractivity contribution in [3.8, 4) is 16.9 Å². The number of benzene rings is 3. The highest BCUT2D eigenvalue weighted by Gasteiger charge is 2.17. The van der Waals surface area contributed by atoms with E-state index in [-0.39, 0.29) is 11.3 Å². The number of ether oxygens (including phenoxy) is 1. The van der Waals surface area contributed by atoms with Crippen LogP contribution in [0, 0.1) is 20.8 Å². The van der Waals surface area contributed by atoms with Crippen LogP contribution >= 0.6 is 0 Å². The van der Waals surface area contributed by atoms with Gasteiger partial charge in [0.2, 0.25) is 0 Å². The monoisotopic (exact) mass is 461 g/mol. The number of aryl methyl sites for hydroxylation is 3. The lowest BCUT2D eigenvalue weighted by Gasteiger charge is -2.17. The molecule has 0 aliphatic carbocycles. The molecule has 0 spiro atoms. The molecule has 34 heavy (non-hydrogen) atoms. The molecule has 0 unspecified atom stereocenters. The first-order valence-corrected chi connectivity index (χ1v) is 10.6. The van der Waals surface area contributed by atoms with Crippen molar-refractivity contribution in [3.63, 3.8) is 0 Å². The van der Waals surface area contributed by atoms with Gasteiger partial charge in [0.25, 0.3) is 5.91 Å². The fourth-order valence-corrected chi connectivity index (χ4v) is 3.79. The Kier molecular flexibility index (Phi) is 7.53. The van der Waals surface area contributed by atoms with Gasteiger partial charge in [-0.2, -0.15) is 0 Å². The molecule has 3 amide bonds. The van der Waals surface area contributed by atoms with Crippen molar-refractivity contribution in [1.82, 2.24) is 5.32 Å².